The molecule has 0 radical (unpaired) electrons. The monoisotopic (exact) mass is 996 g/mol. The molecule has 0 aliphatic carbocycles. The Bertz CT molecular complexity index is 1710. The van der Waals surface area contributed by atoms with Gasteiger partial charge >= 0.3 is 5.97 Å². The number of nitrogens with one attached hydrogen (secondary N) is 7. The van der Waals surface area contributed by atoms with E-state index < -0.39 is 126 Å². The fourth-order valence-electron chi connectivity index (χ4n) is 8.11. The number of nitrogens with two attached hydrogens (primary N) is 3. The van der Waals surface area contributed by atoms with E-state index in [1.54, 1.807) is 27.7 Å². The first-order chi connectivity index (χ1) is 32.8. The standard InChI is InChI=1S/C48H89N11O11/c1-26(2)22-33(53-40(61)31(51)16-11-13-19-49)42(63)55-35(24-28(5)6)47(68)59-21-15-18-37(59)44(65)56-36(25-60)43(64)57-39(30(9)10)46(67)58-38(29(7)8)45(66)54-34(23-27(3)4)41(62)52-32(48(69)70)17-12-14-20-50/h26-39,60H,11-25,49-51H2,1-10H3,(H,52,62)(H,53,61)(H,54,66)(H,55,63)(H,56,65)(H,57,64)(H,58,67)(H,69,70)/t31-,32-,33-,34-,35-,36-,37-,38-,39-/m0/s1. The molecular formula is C48H89N11O11. The van der Waals surface area contributed by atoms with E-state index in [2.05, 4.69) is 37.2 Å². The number of aliphatic carboxylic acids is 1. The smallest absolute Gasteiger partial charge is 0.326 e. The lowest BCUT2D eigenvalue weighted by atomic mass is 9.97. The number of hydrogen-bond donors (Lipinski definition) is 12. The fourth-order valence-corrected chi connectivity index (χ4v) is 8.11. The van der Waals surface area contributed by atoms with Crippen LogP contribution in [0.5, 0.6) is 0 Å². The van der Waals surface area contributed by atoms with E-state index >= 15 is 0 Å². The van der Waals surface area contributed by atoms with Gasteiger partial charge in [0.05, 0.1) is 12.6 Å². The first kappa shape index (κ1) is 63.1. The number of unbranched alkanes of at least 4 members (excludes halogenated alkanes) is 2. The molecule has 0 aromatic carbocycles. The van der Waals surface area contributed by atoms with Crippen molar-refractivity contribution in [1.82, 2.24) is 42.1 Å². The van der Waals surface area contributed by atoms with Gasteiger partial charge in [-0.3, -0.25) is 38.4 Å². The van der Waals surface area contributed by atoms with E-state index in [1.807, 2.05) is 41.5 Å². The van der Waals surface area contributed by atoms with Crippen LogP contribution in [0.15, 0.2) is 0 Å². The van der Waals surface area contributed by atoms with Gasteiger partial charge in [0.2, 0.25) is 47.3 Å². The minimum Gasteiger partial charge on any atom is -0.480 e. The van der Waals surface area contributed by atoms with Crippen molar-refractivity contribution in [2.45, 2.75) is 194 Å². The zero-order chi connectivity index (χ0) is 53.4. The molecule has 15 N–H and O–H groups in total. The first-order valence-corrected chi connectivity index (χ1v) is 25.2. The van der Waals surface area contributed by atoms with Crippen molar-refractivity contribution in [2.75, 3.05) is 26.2 Å². The largest absolute Gasteiger partial charge is 0.480 e. The van der Waals surface area contributed by atoms with Crippen molar-refractivity contribution in [3.05, 3.63) is 0 Å². The summed E-state index contributed by atoms with van der Waals surface area (Å²) in [6, 6.07) is -10.3. The van der Waals surface area contributed by atoms with Crippen molar-refractivity contribution in [3.8, 4) is 0 Å². The number of aliphatic hydroxyl groups excluding tert-OH is 1. The van der Waals surface area contributed by atoms with Crippen LogP contribution in [0.3, 0.4) is 0 Å². The van der Waals surface area contributed by atoms with Gasteiger partial charge in [0.15, 0.2) is 0 Å². The van der Waals surface area contributed by atoms with Crippen molar-refractivity contribution in [3.63, 3.8) is 0 Å². The van der Waals surface area contributed by atoms with Crippen LogP contribution in [0.2, 0.25) is 0 Å². The normalized spacial score (nSPS) is 17.2. The van der Waals surface area contributed by atoms with Crippen LogP contribution in [-0.2, 0) is 43.2 Å². The first-order valence-electron chi connectivity index (χ1n) is 25.2. The number of amides is 8. The Morgan fingerprint density at radius 2 is 0.943 bits per heavy atom. The van der Waals surface area contributed by atoms with Gasteiger partial charge < -0.3 is 69.5 Å². The zero-order valence-electron chi connectivity index (χ0n) is 43.4. The van der Waals surface area contributed by atoms with Gasteiger partial charge in [0.1, 0.15) is 48.3 Å². The van der Waals surface area contributed by atoms with Gasteiger partial charge in [0.25, 0.3) is 0 Å². The highest BCUT2D eigenvalue weighted by atomic mass is 16.4. The lowest BCUT2D eigenvalue weighted by Crippen LogP contribution is -2.62. The van der Waals surface area contributed by atoms with Gasteiger partial charge in [-0.1, -0.05) is 75.7 Å². The van der Waals surface area contributed by atoms with Crippen molar-refractivity contribution in [1.29, 1.82) is 0 Å². The maximum absolute atomic E-state index is 14.2. The lowest BCUT2D eigenvalue weighted by molar-refractivity contribution is -0.143. The third-order valence-electron chi connectivity index (χ3n) is 12.0. The number of carboxylic acids is 1. The minimum atomic E-state index is -1.56. The summed E-state index contributed by atoms with van der Waals surface area (Å²) in [6.07, 6.45) is 4.21. The summed E-state index contributed by atoms with van der Waals surface area (Å²) in [5.41, 5.74) is 17.2. The number of rotatable bonds is 33. The number of nitrogens with zero attached hydrogens (tertiary/aromatic N) is 1. The number of carbonyl (C=O) groups excluding carboxylic acids is 8. The molecule has 1 aliphatic heterocycles. The average molecular weight is 996 g/mol. The summed E-state index contributed by atoms with van der Waals surface area (Å²) < 4.78 is 0. The Morgan fingerprint density at radius 1 is 0.529 bits per heavy atom. The Labute approximate surface area is 415 Å². The van der Waals surface area contributed by atoms with Crippen LogP contribution < -0.4 is 54.4 Å². The van der Waals surface area contributed by atoms with Gasteiger partial charge in [-0.05, 0) is 107 Å². The molecule has 0 aromatic heterocycles. The van der Waals surface area contributed by atoms with Gasteiger partial charge in [-0.2, -0.15) is 0 Å². The van der Waals surface area contributed by atoms with Crippen LogP contribution >= 0.6 is 0 Å². The van der Waals surface area contributed by atoms with E-state index in [4.69, 9.17) is 17.2 Å². The molecule has 1 aliphatic rings. The van der Waals surface area contributed by atoms with E-state index in [0.29, 0.717) is 51.6 Å². The number of hydrogen-bond acceptors (Lipinski definition) is 13. The van der Waals surface area contributed by atoms with E-state index in [-0.39, 0.29) is 56.4 Å². The van der Waals surface area contributed by atoms with Crippen molar-refractivity contribution < 1.29 is 53.4 Å². The fraction of sp³-hybridized carbons (Fsp3) is 0.812. The van der Waals surface area contributed by atoms with Crippen LogP contribution in [0.25, 0.3) is 0 Å². The number of likely N-dealkylation sites (tertiary alicyclic amines) is 1. The van der Waals surface area contributed by atoms with Gasteiger partial charge in [-0.15, -0.1) is 0 Å². The average Bonchev–Trinajstić information content (AvgIpc) is 3.77. The molecule has 9 atom stereocenters. The Morgan fingerprint density at radius 3 is 1.40 bits per heavy atom. The van der Waals surface area contributed by atoms with E-state index in [0.717, 1.165) is 0 Å². The molecular weight excluding hydrogens is 907 g/mol. The molecule has 1 heterocycles. The van der Waals surface area contributed by atoms with E-state index in [9.17, 15) is 53.4 Å². The number of carboxylic acid groups (broad SMARTS) is 1. The van der Waals surface area contributed by atoms with Crippen LogP contribution in [0, 0.1) is 29.6 Å². The van der Waals surface area contributed by atoms with Gasteiger partial charge in [0, 0.05) is 6.54 Å². The molecule has 22 heteroatoms. The molecule has 70 heavy (non-hydrogen) atoms. The van der Waals surface area contributed by atoms with Crippen molar-refractivity contribution >= 4 is 53.2 Å². The topological polar surface area (TPSA) is 360 Å². The molecule has 1 saturated heterocycles. The predicted octanol–water partition coefficient (Wildman–Crippen LogP) is -0.517. The second kappa shape index (κ2) is 32.1. The Kier molecular flexibility index (Phi) is 29.0. The summed E-state index contributed by atoms with van der Waals surface area (Å²) in [6.45, 7) is 17.9. The molecule has 0 unspecified atom stereocenters. The molecule has 402 valence electrons. The number of aliphatic hydroxyl groups is 1. The summed E-state index contributed by atoms with van der Waals surface area (Å²) in [4.78, 5) is 123. The van der Waals surface area contributed by atoms with Crippen molar-refractivity contribution in [2.24, 2.45) is 46.8 Å². The summed E-state index contributed by atoms with van der Waals surface area (Å²) >= 11 is 0. The molecule has 1 rings (SSSR count). The quantitative estimate of drug-likeness (QED) is 0.0369. The summed E-state index contributed by atoms with van der Waals surface area (Å²) in [7, 11) is 0. The zero-order valence-corrected chi connectivity index (χ0v) is 43.4. The van der Waals surface area contributed by atoms with Crippen LogP contribution in [0.1, 0.15) is 140 Å². The highest BCUT2D eigenvalue weighted by Gasteiger charge is 2.41. The Hall–Kier alpha value is -4.93. The SMILES string of the molecule is CC(C)C[C@H](NC(=O)[C@@H](NC(=O)[C@@H](NC(=O)[C@H](CO)NC(=O)[C@@H]1CCCN1C(=O)[C@H](CC(C)C)NC(=O)[C@H](CC(C)C)NC(=O)[C@@H](N)CCCCN)C(C)C)C(C)C)C(=O)N[C@@H](CCCCN)C(=O)O. The third kappa shape index (κ3) is 22.0. The number of carbonyl (C=O) groups is 9. The summed E-state index contributed by atoms with van der Waals surface area (Å²) in [5, 5.41) is 38.6. The summed E-state index contributed by atoms with van der Waals surface area (Å²) in [5.74, 6) is -7.90. The third-order valence-corrected chi connectivity index (χ3v) is 12.0. The van der Waals surface area contributed by atoms with E-state index in [1.165, 1.54) is 4.90 Å². The molecule has 22 nitrogen and oxygen atoms in total. The maximum Gasteiger partial charge on any atom is 0.326 e. The second-order valence-electron chi connectivity index (χ2n) is 20.5. The van der Waals surface area contributed by atoms with Crippen LogP contribution in [-0.4, -0.2) is 149 Å². The molecule has 8 amide bonds. The molecule has 0 saturated carbocycles. The van der Waals surface area contributed by atoms with Crippen LogP contribution in [0.4, 0.5) is 0 Å². The lowest BCUT2D eigenvalue weighted by Gasteiger charge is -2.32. The predicted molar refractivity (Wildman–Crippen MR) is 265 cm³/mol. The molecule has 0 spiro atoms. The molecule has 1 fully saturated rings. The Balaban J connectivity index is 3.21. The second-order valence-corrected chi connectivity index (χ2v) is 20.5. The minimum absolute atomic E-state index is 0.00524. The van der Waals surface area contributed by atoms with Gasteiger partial charge in [-0.25, -0.2) is 4.79 Å². The maximum atomic E-state index is 14.2. The molecule has 0 bridgehead atoms. The highest BCUT2D eigenvalue weighted by molar-refractivity contribution is 5.98. The highest BCUT2D eigenvalue weighted by Crippen LogP contribution is 2.22. The molecule has 0 aromatic rings.